The lowest BCUT2D eigenvalue weighted by Crippen LogP contribution is -2.41. The molecule has 50 valence electrons. The first-order valence-electron chi connectivity index (χ1n) is 3.05. The van der Waals surface area contributed by atoms with Gasteiger partial charge in [0.15, 0.2) is 0 Å². The molecule has 3 rings (SSSR count). The summed E-state index contributed by atoms with van der Waals surface area (Å²) in [7, 11) is 0. The maximum Gasteiger partial charge on any atom is 0.137 e. The zero-order valence-corrected chi connectivity index (χ0v) is 4.86. The Morgan fingerprint density at radius 2 is 2.22 bits per heavy atom. The molecule has 3 heteroatoms. The second-order valence-electron chi connectivity index (χ2n) is 2.38. The highest BCUT2D eigenvalue weighted by atomic mass is 17.2. The molecule has 0 spiro atoms. The molecule has 1 N–H and O–H groups in total. The van der Waals surface area contributed by atoms with Crippen molar-refractivity contribution in [1.82, 2.24) is 0 Å². The summed E-state index contributed by atoms with van der Waals surface area (Å²) >= 11 is 0. The van der Waals surface area contributed by atoms with Crippen molar-refractivity contribution >= 4 is 0 Å². The van der Waals surface area contributed by atoms with Crippen LogP contribution >= 0.6 is 0 Å². The van der Waals surface area contributed by atoms with E-state index in [-0.39, 0.29) is 18.3 Å². The maximum absolute atomic E-state index is 9.14. The lowest BCUT2D eigenvalue weighted by Gasteiger charge is -2.33. The van der Waals surface area contributed by atoms with E-state index in [2.05, 4.69) is 0 Å². The lowest BCUT2D eigenvalue weighted by molar-refractivity contribution is -0.379. The average Bonchev–Trinajstić information content (AvgIpc) is 1.90. The summed E-state index contributed by atoms with van der Waals surface area (Å²) in [5.41, 5.74) is 0. The third kappa shape index (κ3) is 0.775. The first kappa shape index (κ1) is 5.41. The topological polar surface area (TPSA) is 38.7 Å². The van der Waals surface area contributed by atoms with Crippen LogP contribution in [-0.2, 0) is 9.78 Å². The van der Waals surface area contributed by atoms with Gasteiger partial charge in [0.05, 0.1) is 6.10 Å². The van der Waals surface area contributed by atoms with Gasteiger partial charge in [-0.3, -0.25) is 0 Å². The molecule has 9 heavy (non-hydrogen) atoms. The van der Waals surface area contributed by atoms with E-state index in [0.29, 0.717) is 6.42 Å². The van der Waals surface area contributed by atoms with Crippen molar-refractivity contribution in [1.29, 1.82) is 0 Å². The van der Waals surface area contributed by atoms with Crippen molar-refractivity contribution in [3.05, 3.63) is 12.2 Å². The Hall–Kier alpha value is -0.380. The lowest BCUT2D eigenvalue weighted by atomic mass is 9.99. The van der Waals surface area contributed by atoms with Gasteiger partial charge in [-0.05, 0) is 0 Å². The molecule has 3 nitrogen and oxygen atoms in total. The van der Waals surface area contributed by atoms with Crippen molar-refractivity contribution in [2.45, 2.75) is 24.7 Å². The average molecular weight is 128 g/mol. The van der Waals surface area contributed by atoms with E-state index in [1.165, 1.54) is 0 Å². The van der Waals surface area contributed by atoms with Gasteiger partial charge in [-0.2, -0.15) is 0 Å². The molecule has 1 fully saturated rings. The molecule has 0 amide bonds. The first-order valence-corrected chi connectivity index (χ1v) is 3.05. The number of hydrogen-bond donors (Lipinski definition) is 1. The maximum atomic E-state index is 9.14. The molecule has 0 unspecified atom stereocenters. The minimum absolute atomic E-state index is 0.0231. The van der Waals surface area contributed by atoms with Gasteiger partial charge in [0.2, 0.25) is 0 Å². The third-order valence-corrected chi connectivity index (χ3v) is 1.66. The van der Waals surface area contributed by atoms with Crippen LogP contribution in [0.4, 0.5) is 0 Å². The van der Waals surface area contributed by atoms with Crippen LogP contribution in [0.1, 0.15) is 6.42 Å². The number of hydrogen-bond acceptors (Lipinski definition) is 3. The van der Waals surface area contributed by atoms with Crippen LogP contribution in [0.2, 0.25) is 0 Å². The van der Waals surface area contributed by atoms with E-state index < -0.39 is 0 Å². The van der Waals surface area contributed by atoms with Crippen molar-refractivity contribution in [2.75, 3.05) is 0 Å². The monoisotopic (exact) mass is 128 g/mol. The van der Waals surface area contributed by atoms with Crippen LogP contribution in [0.3, 0.4) is 0 Å². The SMILES string of the molecule is O[C@H]1C[C@H]2C=C[C@@H]1OO2. The Labute approximate surface area is 52.8 Å². The fourth-order valence-corrected chi connectivity index (χ4v) is 1.12. The summed E-state index contributed by atoms with van der Waals surface area (Å²) in [5, 5.41) is 9.14. The molecule has 2 bridgehead atoms. The highest BCUT2D eigenvalue weighted by molar-refractivity contribution is 5.05. The Morgan fingerprint density at radius 3 is 2.44 bits per heavy atom. The fraction of sp³-hybridized carbons (Fsp3) is 0.667. The highest BCUT2D eigenvalue weighted by Gasteiger charge is 2.32. The van der Waals surface area contributed by atoms with Gasteiger partial charge in [0.25, 0.3) is 0 Å². The van der Waals surface area contributed by atoms with E-state index in [1.54, 1.807) is 0 Å². The highest BCUT2D eigenvalue weighted by Crippen LogP contribution is 2.24. The molecule has 0 aromatic heterocycles. The first-order chi connectivity index (χ1) is 4.36. The fourth-order valence-electron chi connectivity index (χ4n) is 1.12. The van der Waals surface area contributed by atoms with Gasteiger partial charge >= 0.3 is 0 Å². The minimum atomic E-state index is -0.367. The number of rotatable bonds is 0. The molecule has 1 aliphatic carbocycles. The Balaban J connectivity index is 2.20. The van der Waals surface area contributed by atoms with Gasteiger partial charge in [-0.15, -0.1) is 0 Å². The van der Waals surface area contributed by atoms with Crippen LogP contribution in [0.25, 0.3) is 0 Å². The summed E-state index contributed by atoms with van der Waals surface area (Å²) in [6, 6.07) is 0. The Bertz CT molecular complexity index is 143. The van der Waals surface area contributed by atoms with E-state index in [9.17, 15) is 0 Å². The summed E-state index contributed by atoms with van der Waals surface area (Å²) in [6.45, 7) is 0. The number of aliphatic hydroxyl groups is 1. The van der Waals surface area contributed by atoms with Gasteiger partial charge < -0.3 is 5.11 Å². The van der Waals surface area contributed by atoms with E-state index in [1.807, 2.05) is 12.2 Å². The van der Waals surface area contributed by atoms with Gasteiger partial charge in [0, 0.05) is 6.42 Å². The molecule has 0 radical (unpaired) electrons. The summed E-state index contributed by atoms with van der Waals surface area (Å²) in [6.07, 6.45) is 3.80. The van der Waals surface area contributed by atoms with E-state index >= 15 is 0 Å². The molecule has 1 saturated heterocycles. The van der Waals surface area contributed by atoms with Gasteiger partial charge in [-0.1, -0.05) is 12.2 Å². The predicted octanol–water partition coefficient (Wildman–Crippen LogP) is 0.00620. The minimum Gasteiger partial charge on any atom is -0.390 e. The van der Waals surface area contributed by atoms with E-state index in [0.717, 1.165) is 0 Å². The van der Waals surface area contributed by atoms with Crippen LogP contribution in [-0.4, -0.2) is 23.4 Å². The molecule has 2 aliphatic heterocycles. The molecule has 0 aromatic rings. The van der Waals surface area contributed by atoms with Crippen LogP contribution in [0, 0.1) is 0 Å². The summed E-state index contributed by atoms with van der Waals surface area (Å²) < 4.78 is 0. The Morgan fingerprint density at radius 1 is 1.33 bits per heavy atom. The van der Waals surface area contributed by atoms with Gasteiger partial charge in [-0.25, -0.2) is 9.78 Å². The third-order valence-electron chi connectivity index (χ3n) is 1.66. The largest absolute Gasteiger partial charge is 0.390 e. The standard InChI is InChI=1S/C6H8O3/c7-5-3-4-1-2-6(5)9-8-4/h1-2,4-7H,3H2/t4-,5+,6+/m1/s1. The molecule has 0 aromatic carbocycles. The van der Waals surface area contributed by atoms with Gasteiger partial charge in [0.1, 0.15) is 12.2 Å². The molecule has 0 saturated carbocycles. The van der Waals surface area contributed by atoms with Crippen molar-refractivity contribution < 1.29 is 14.9 Å². The molecule has 3 atom stereocenters. The second-order valence-corrected chi connectivity index (χ2v) is 2.38. The van der Waals surface area contributed by atoms with Crippen molar-refractivity contribution in [3.8, 4) is 0 Å². The molecular formula is C6H8O3. The van der Waals surface area contributed by atoms with Crippen molar-refractivity contribution in [3.63, 3.8) is 0 Å². The van der Waals surface area contributed by atoms with Crippen LogP contribution < -0.4 is 0 Å². The Kier molecular flexibility index (Phi) is 1.08. The predicted molar refractivity (Wildman–Crippen MR) is 29.5 cm³/mol. The number of fused-ring (bicyclic) bond motifs is 2. The molecular weight excluding hydrogens is 120 g/mol. The second kappa shape index (κ2) is 1.80. The van der Waals surface area contributed by atoms with E-state index in [4.69, 9.17) is 14.9 Å². The zero-order valence-electron chi connectivity index (χ0n) is 4.86. The summed E-state index contributed by atoms with van der Waals surface area (Å²) in [5.74, 6) is 0. The smallest absolute Gasteiger partial charge is 0.137 e. The normalized spacial score (nSPS) is 47.9. The summed E-state index contributed by atoms with van der Waals surface area (Å²) in [4.78, 5) is 9.55. The molecule has 3 aliphatic rings. The van der Waals surface area contributed by atoms with Crippen molar-refractivity contribution in [2.24, 2.45) is 0 Å². The quantitative estimate of drug-likeness (QED) is 0.369. The molecule has 2 heterocycles. The number of aliphatic hydroxyl groups excluding tert-OH is 1. The van der Waals surface area contributed by atoms with Crippen LogP contribution in [0.15, 0.2) is 12.2 Å². The van der Waals surface area contributed by atoms with Crippen LogP contribution in [0.5, 0.6) is 0 Å². The zero-order chi connectivity index (χ0) is 6.27.